The minimum Gasteiger partial charge on any atom is -0.357 e. The maximum Gasteiger partial charge on any atom is 0.270 e. The highest BCUT2D eigenvalue weighted by Crippen LogP contribution is 2.30. The molecular weight excluding hydrogens is 332 g/mol. The molecule has 26 heavy (non-hydrogen) atoms. The molecule has 0 spiro atoms. The molecule has 0 aromatic carbocycles. The van der Waals surface area contributed by atoms with Gasteiger partial charge >= 0.3 is 0 Å². The van der Waals surface area contributed by atoms with Gasteiger partial charge in [0.15, 0.2) is 0 Å². The Morgan fingerprint density at radius 3 is 2.38 bits per heavy atom. The highest BCUT2D eigenvalue weighted by Gasteiger charge is 2.40. The monoisotopic (exact) mass is 358 g/mol. The summed E-state index contributed by atoms with van der Waals surface area (Å²) in [5, 5.41) is 0. The number of amides is 3. The van der Waals surface area contributed by atoms with E-state index in [0.29, 0.717) is 50.9 Å². The van der Waals surface area contributed by atoms with Gasteiger partial charge in [0, 0.05) is 51.4 Å². The van der Waals surface area contributed by atoms with Gasteiger partial charge in [-0.1, -0.05) is 12.8 Å². The van der Waals surface area contributed by atoms with Crippen LogP contribution in [0.4, 0.5) is 0 Å². The van der Waals surface area contributed by atoms with Crippen LogP contribution in [0.25, 0.3) is 0 Å². The second-order valence-corrected chi connectivity index (χ2v) is 7.59. The first-order chi connectivity index (χ1) is 12.6. The minimum absolute atomic E-state index is 0.0226. The topological polar surface area (TPSA) is 76.7 Å². The van der Waals surface area contributed by atoms with Crippen LogP contribution in [-0.2, 0) is 9.59 Å². The molecule has 1 atom stereocenters. The van der Waals surface area contributed by atoms with E-state index in [9.17, 15) is 14.4 Å². The second-order valence-electron chi connectivity index (χ2n) is 7.59. The van der Waals surface area contributed by atoms with Gasteiger partial charge < -0.3 is 19.7 Å². The molecule has 1 N–H and O–H groups in total. The van der Waals surface area contributed by atoms with Crippen LogP contribution < -0.4 is 0 Å². The number of aromatic amines is 1. The van der Waals surface area contributed by atoms with Crippen molar-refractivity contribution in [2.75, 3.05) is 32.7 Å². The predicted octanol–water partition coefficient (Wildman–Crippen LogP) is 1.09. The fourth-order valence-corrected chi connectivity index (χ4v) is 4.49. The molecule has 1 aromatic heterocycles. The normalized spacial score (nSPS) is 24.5. The lowest BCUT2D eigenvalue weighted by molar-refractivity contribution is -0.137. The lowest BCUT2D eigenvalue weighted by atomic mass is 10.1. The summed E-state index contributed by atoms with van der Waals surface area (Å²) < 4.78 is 0. The molecule has 1 saturated carbocycles. The van der Waals surface area contributed by atoms with Gasteiger partial charge in [-0.3, -0.25) is 14.4 Å². The Kier molecular flexibility index (Phi) is 4.70. The lowest BCUT2D eigenvalue weighted by Crippen LogP contribution is -2.52. The molecular formula is C19H26N4O3. The summed E-state index contributed by atoms with van der Waals surface area (Å²) in [6.07, 6.45) is 6.60. The Morgan fingerprint density at radius 2 is 1.73 bits per heavy atom. The number of carbonyl (C=O) groups excluding carboxylic acids is 3. The molecule has 7 nitrogen and oxygen atoms in total. The van der Waals surface area contributed by atoms with Crippen LogP contribution >= 0.6 is 0 Å². The number of aromatic nitrogens is 1. The number of rotatable bonds is 3. The number of hydrogen-bond acceptors (Lipinski definition) is 3. The van der Waals surface area contributed by atoms with Crippen molar-refractivity contribution in [2.24, 2.45) is 5.92 Å². The zero-order valence-electron chi connectivity index (χ0n) is 15.0. The van der Waals surface area contributed by atoms with Gasteiger partial charge in [0.05, 0.1) is 5.92 Å². The summed E-state index contributed by atoms with van der Waals surface area (Å²) in [6, 6.07) is 3.91. The third-order valence-electron chi connectivity index (χ3n) is 5.98. The summed E-state index contributed by atoms with van der Waals surface area (Å²) >= 11 is 0. The quantitative estimate of drug-likeness (QED) is 0.879. The molecule has 3 heterocycles. The third kappa shape index (κ3) is 3.22. The van der Waals surface area contributed by atoms with Crippen molar-refractivity contribution in [3.05, 3.63) is 24.0 Å². The Bertz CT molecular complexity index is 673. The highest BCUT2D eigenvalue weighted by molar-refractivity contribution is 5.93. The van der Waals surface area contributed by atoms with E-state index in [0.717, 1.165) is 12.8 Å². The molecule has 0 bridgehead atoms. The number of nitrogens with one attached hydrogen (secondary N) is 1. The molecule has 4 rings (SSSR count). The zero-order valence-corrected chi connectivity index (χ0v) is 15.0. The van der Waals surface area contributed by atoms with Crippen LogP contribution in [0.1, 0.15) is 42.6 Å². The van der Waals surface area contributed by atoms with E-state index < -0.39 is 0 Å². The fourth-order valence-electron chi connectivity index (χ4n) is 4.49. The minimum atomic E-state index is -0.214. The van der Waals surface area contributed by atoms with Crippen molar-refractivity contribution < 1.29 is 14.4 Å². The SMILES string of the molecule is O=C(c1ccc[nH]1)N1CCN(C(=O)[C@@H]2CC(=O)N(C3CCCC3)C2)CC1. The molecule has 140 valence electrons. The van der Waals surface area contributed by atoms with Crippen LogP contribution in [0, 0.1) is 5.92 Å². The number of hydrogen-bond donors (Lipinski definition) is 1. The molecule has 2 saturated heterocycles. The van der Waals surface area contributed by atoms with Gasteiger partial charge in [-0.15, -0.1) is 0 Å². The number of piperazine rings is 1. The van der Waals surface area contributed by atoms with Crippen LogP contribution in [0.3, 0.4) is 0 Å². The van der Waals surface area contributed by atoms with Crippen LogP contribution in [0.5, 0.6) is 0 Å². The Balaban J connectivity index is 1.31. The van der Waals surface area contributed by atoms with Gasteiger partial charge in [0.1, 0.15) is 5.69 Å². The van der Waals surface area contributed by atoms with Gasteiger partial charge in [-0.2, -0.15) is 0 Å². The maximum absolute atomic E-state index is 12.8. The van der Waals surface area contributed by atoms with E-state index in [2.05, 4.69) is 4.98 Å². The van der Waals surface area contributed by atoms with E-state index >= 15 is 0 Å². The fraction of sp³-hybridized carbons (Fsp3) is 0.632. The van der Waals surface area contributed by atoms with Crippen molar-refractivity contribution >= 4 is 17.7 Å². The van der Waals surface area contributed by atoms with Gasteiger partial charge in [0.25, 0.3) is 5.91 Å². The van der Waals surface area contributed by atoms with Gasteiger partial charge in [0.2, 0.25) is 11.8 Å². The zero-order chi connectivity index (χ0) is 18.1. The van der Waals surface area contributed by atoms with Gasteiger partial charge in [-0.25, -0.2) is 0 Å². The van der Waals surface area contributed by atoms with Crippen LogP contribution in [-0.4, -0.2) is 76.2 Å². The van der Waals surface area contributed by atoms with Gasteiger partial charge in [-0.05, 0) is 25.0 Å². The summed E-state index contributed by atoms with van der Waals surface area (Å²) in [4.78, 5) is 46.0. The number of nitrogens with zero attached hydrogens (tertiary/aromatic N) is 3. The highest BCUT2D eigenvalue weighted by atomic mass is 16.2. The Labute approximate surface area is 153 Å². The van der Waals surface area contributed by atoms with Crippen molar-refractivity contribution in [1.29, 1.82) is 0 Å². The summed E-state index contributed by atoms with van der Waals surface area (Å²) in [5.74, 6) is -0.0269. The molecule has 3 fully saturated rings. The molecule has 1 aromatic rings. The standard InChI is InChI=1S/C19H26N4O3/c24-17-12-14(13-23(17)15-4-1-2-5-15)18(25)21-8-10-22(11-9-21)19(26)16-6-3-7-20-16/h3,6-7,14-15,20H,1-2,4-5,8-13H2/t14-/m1/s1. The summed E-state index contributed by atoms with van der Waals surface area (Å²) in [5.41, 5.74) is 0.582. The predicted molar refractivity (Wildman–Crippen MR) is 95.4 cm³/mol. The first kappa shape index (κ1) is 17.1. The van der Waals surface area contributed by atoms with E-state index in [1.165, 1.54) is 12.8 Å². The smallest absolute Gasteiger partial charge is 0.270 e. The van der Waals surface area contributed by atoms with E-state index in [1.54, 1.807) is 23.2 Å². The van der Waals surface area contributed by atoms with Crippen molar-refractivity contribution in [3.63, 3.8) is 0 Å². The summed E-state index contributed by atoms with van der Waals surface area (Å²) in [7, 11) is 0. The molecule has 3 aliphatic rings. The first-order valence-corrected chi connectivity index (χ1v) is 9.64. The van der Waals surface area contributed by atoms with E-state index in [4.69, 9.17) is 0 Å². The van der Waals surface area contributed by atoms with Crippen molar-refractivity contribution in [1.82, 2.24) is 19.7 Å². The second kappa shape index (κ2) is 7.13. The van der Waals surface area contributed by atoms with Crippen LogP contribution in [0.15, 0.2) is 18.3 Å². The lowest BCUT2D eigenvalue weighted by Gasteiger charge is -2.35. The number of H-pyrrole nitrogens is 1. The third-order valence-corrected chi connectivity index (χ3v) is 5.98. The molecule has 0 radical (unpaired) electrons. The number of carbonyl (C=O) groups is 3. The van der Waals surface area contributed by atoms with Crippen molar-refractivity contribution in [3.8, 4) is 0 Å². The van der Waals surface area contributed by atoms with E-state index in [1.807, 2.05) is 9.80 Å². The Hall–Kier alpha value is -2.31. The molecule has 0 unspecified atom stereocenters. The molecule has 3 amide bonds. The number of likely N-dealkylation sites (tertiary alicyclic amines) is 1. The molecule has 2 aliphatic heterocycles. The maximum atomic E-state index is 12.8. The van der Waals surface area contributed by atoms with Crippen LogP contribution in [0.2, 0.25) is 0 Å². The largest absolute Gasteiger partial charge is 0.357 e. The first-order valence-electron chi connectivity index (χ1n) is 9.64. The Morgan fingerprint density at radius 1 is 1.04 bits per heavy atom. The average molecular weight is 358 g/mol. The van der Waals surface area contributed by atoms with E-state index in [-0.39, 0.29) is 23.6 Å². The average Bonchev–Trinajstić information content (AvgIpc) is 3.41. The van der Waals surface area contributed by atoms with Crippen molar-refractivity contribution in [2.45, 2.75) is 38.1 Å². The molecule has 1 aliphatic carbocycles. The molecule has 7 heteroatoms. The summed E-state index contributed by atoms with van der Waals surface area (Å²) in [6.45, 7) is 2.73.